The average Bonchev–Trinajstić information content (AvgIpc) is 2.16. The summed E-state index contributed by atoms with van der Waals surface area (Å²) in [5.41, 5.74) is 1.06. The molecule has 0 atom stereocenters. The van der Waals surface area contributed by atoms with E-state index >= 15 is 0 Å². The summed E-state index contributed by atoms with van der Waals surface area (Å²) in [6, 6.07) is 5.82. The van der Waals surface area contributed by atoms with Gasteiger partial charge in [0.05, 0.1) is 7.11 Å². The minimum Gasteiger partial charge on any atom is -0.497 e. The molecule has 3 heteroatoms. The van der Waals surface area contributed by atoms with Gasteiger partial charge in [0.1, 0.15) is 5.75 Å². The number of nitrogens with one attached hydrogen (secondary N) is 1. The van der Waals surface area contributed by atoms with Crippen LogP contribution in [0.15, 0.2) is 23.1 Å². The van der Waals surface area contributed by atoms with E-state index in [-0.39, 0.29) is 0 Å². The van der Waals surface area contributed by atoms with Gasteiger partial charge < -0.3 is 10.1 Å². The highest BCUT2D eigenvalue weighted by atomic mass is 32.1. The van der Waals surface area contributed by atoms with Gasteiger partial charge in [-0.15, -0.1) is 12.6 Å². The van der Waals surface area contributed by atoms with Crippen molar-refractivity contribution in [2.24, 2.45) is 0 Å². The van der Waals surface area contributed by atoms with Gasteiger partial charge in [0, 0.05) is 17.1 Å². The molecule has 0 aliphatic heterocycles. The number of methoxy groups -OCH3 is 1. The molecule has 13 heavy (non-hydrogen) atoms. The zero-order chi connectivity index (χ0) is 9.68. The van der Waals surface area contributed by atoms with E-state index in [1.807, 2.05) is 18.2 Å². The second-order valence-corrected chi connectivity index (χ2v) is 3.29. The summed E-state index contributed by atoms with van der Waals surface area (Å²) in [6.45, 7) is 3.11. The smallest absolute Gasteiger partial charge is 0.120 e. The van der Waals surface area contributed by atoms with E-state index in [2.05, 4.69) is 24.9 Å². The molecule has 72 valence electrons. The molecule has 0 aliphatic carbocycles. The van der Waals surface area contributed by atoms with Crippen molar-refractivity contribution >= 4 is 18.3 Å². The molecule has 0 bridgehead atoms. The topological polar surface area (TPSA) is 21.3 Å². The normalized spacial score (nSPS) is 9.77. The Morgan fingerprint density at radius 1 is 1.46 bits per heavy atom. The predicted octanol–water partition coefficient (Wildman–Crippen LogP) is 2.81. The van der Waals surface area contributed by atoms with Crippen LogP contribution in [0.3, 0.4) is 0 Å². The van der Waals surface area contributed by atoms with Crippen LogP contribution in [0.4, 0.5) is 5.69 Å². The Labute approximate surface area is 84.7 Å². The lowest BCUT2D eigenvalue weighted by Crippen LogP contribution is -2.00. The zero-order valence-corrected chi connectivity index (χ0v) is 8.90. The summed E-state index contributed by atoms with van der Waals surface area (Å²) >= 11 is 4.35. The number of hydrogen-bond acceptors (Lipinski definition) is 3. The third-order valence-electron chi connectivity index (χ3n) is 1.77. The first-order valence-electron chi connectivity index (χ1n) is 4.38. The maximum absolute atomic E-state index is 5.08. The summed E-state index contributed by atoms with van der Waals surface area (Å²) in [6.07, 6.45) is 1.11. The molecule has 0 amide bonds. The number of ether oxygens (including phenoxy) is 1. The molecule has 0 fully saturated rings. The van der Waals surface area contributed by atoms with Crippen LogP contribution < -0.4 is 10.1 Å². The first kappa shape index (κ1) is 10.3. The fourth-order valence-electron chi connectivity index (χ4n) is 1.05. The minimum atomic E-state index is 0.840. The van der Waals surface area contributed by atoms with Crippen molar-refractivity contribution in [1.82, 2.24) is 0 Å². The largest absolute Gasteiger partial charge is 0.497 e. The van der Waals surface area contributed by atoms with Gasteiger partial charge in [-0.3, -0.25) is 0 Å². The van der Waals surface area contributed by atoms with Gasteiger partial charge in [0.25, 0.3) is 0 Å². The van der Waals surface area contributed by atoms with E-state index in [4.69, 9.17) is 4.74 Å². The predicted molar refractivity (Wildman–Crippen MR) is 59.0 cm³/mol. The van der Waals surface area contributed by atoms with E-state index in [0.717, 1.165) is 29.3 Å². The Morgan fingerprint density at radius 2 is 2.23 bits per heavy atom. The van der Waals surface area contributed by atoms with Gasteiger partial charge in [-0.05, 0) is 24.6 Å². The maximum Gasteiger partial charge on any atom is 0.120 e. The standard InChI is InChI=1S/C10H15NOS/c1-3-6-11-9-5-4-8(12-2)7-10(9)13/h4-5,7,11,13H,3,6H2,1-2H3. The van der Waals surface area contributed by atoms with Gasteiger partial charge in [0.15, 0.2) is 0 Å². The third kappa shape index (κ3) is 2.84. The van der Waals surface area contributed by atoms with Crippen LogP contribution in [0.1, 0.15) is 13.3 Å². The summed E-state index contributed by atoms with van der Waals surface area (Å²) in [4.78, 5) is 0.924. The minimum absolute atomic E-state index is 0.840. The molecular weight excluding hydrogens is 182 g/mol. The molecule has 1 aromatic carbocycles. The van der Waals surface area contributed by atoms with Crippen LogP contribution in [0.25, 0.3) is 0 Å². The molecule has 1 rings (SSSR count). The highest BCUT2D eigenvalue weighted by Crippen LogP contribution is 2.24. The maximum atomic E-state index is 5.08. The van der Waals surface area contributed by atoms with Gasteiger partial charge in [0.2, 0.25) is 0 Å². The highest BCUT2D eigenvalue weighted by molar-refractivity contribution is 7.80. The van der Waals surface area contributed by atoms with Crippen molar-refractivity contribution < 1.29 is 4.74 Å². The van der Waals surface area contributed by atoms with Gasteiger partial charge in [-0.1, -0.05) is 6.92 Å². The van der Waals surface area contributed by atoms with Crippen LogP contribution in [-0.2, 0) is 0 Å². The molecule has 2 nitrogen and oxygen atoms in total. The molecule has 0 saturated heterocycles. The lowest BCUT2D eigenvalue weighted by Gasteiger charge is -2.08. The number of rotatable bonds is 4. The van der Waals surface area contributed by atoms with Gasteiger partial charge in [-0.25, -0.2) is 0 Å². The zero-order valence-electron chi connectivity index (χ0n) is 8.00. The Balaban J connectivity index is 2.73. The average molecular weight is 197 g/mol. The number of hydrogen-bond donors (Lipinski definition) is 2. The van der Waals surface area contributed by atoms with Crippen LogP contribution in [0.5, 0.6) is 5.75 Å². The molecule has 0 saturated carbocycles. The number of thiol groups is 1. The van der Waals surface area contributed by atoms with Gasteiger partial charge in [-0.2, -0.15) is 0 Å². The van der Waals surface area contributed by atoms with Crippen molar-refractivity contribution in [3.63, 3.8) is 0 Å². The van der Waals surface area contributed by atoms with Crippen LogP contribution in [0, 0.1) is 0 Å². The molecule has 0 unspecified atom stereocenters. The van der Waals surface area contributed by atoms with Crippen LogP contribution >= 0.6 is 12.6 Å². The quantitative estimate of drug-likeness (QED) is 0.724. The van der Waals surface area contributed by atoms with E-state index in [9.17, 15) is 0 Å². The van der Waals surface area contributed by atoms with Crippen molar-refractivity contribution in [1.29, 1.82) is 0 Å². The Bertz CT molecular complexity index is 276. The highest BCUT2D eigenvalue weighted by Gasteiger charge is 1.99. The molecule has 1 aromatic rings. The molecular formula is C10H15NOS. The van der Waals surface area contributed by atoms with E-state index in [1.165, 1.54) is 0 Å². The second-order valence-electron chi connectivity index (χ2n) is 2.81. The first-order chi connectivity index (χ1) is 6.27. The summed E-state index contributed by atoms with van der Waals surface area (Å²) in [5, 5.41) is 3.28. The molecule has 0 spiro atoms. The lowest BCUT2D eigenvalue weighted by molar-refractivity contribution is 0.414. The number of anilines is 1. The molecule has 0 aliphatic rings. The monoisotopic (exact) mass is 197 g/mol. The summed E-state index contributed by atoms with van der Waals surface area (Å²) in [7, 11) is 1.65. The van der Waals surface area contributed by atoms with Crippen LogP contribution in [0.2, 0.25) is 0 Å². The lowest BCUT2D eigenvalue weighted by atomic mass is 10.3. The molecule has 0 radical (unpaired) electrons. The van der Waals surface area contributed by atoms with E-state index < -0.39 is 0 Å². The fraction of sp³-hybridized carbons (Fsp3) is 0.400. The summed E-state index contributed by atoms with van der Waals surface area (Å²) in [5.74, 6) is 0.840. The Kier molecular flexibility index (Phi) is 3.96. The van der Waals surface area contributed by atoms with Crippen molar-refractivity contribution in [2.45, 2.75) is 18.2 Å². The van der Waals surface area contributed by atoms with E-state index in [1.54, 1.807) is 7.11 Å². The van der Waals surface area contributed by atoms with Crippen molar-refractivity contribution in [3.05, 3.63) is 18.2 Å². The number of benzene rings is 1. The molecule has 1 N–H and O–H groups in total. The van der Waals surface area contributed by atoms with Crippen molar-refractivity contribution in [3.8, 4) is 5.75 Å². The Morgan fingerprint density at radius 3 is 2.77 bits per heavy atom. The summed E-state index contributed by atoms with van der Waals surface area (Å²) < 4.78 is 5.08. The third-order valence-corrected chi connectivity index (χ3v) is 2.14. The van der Waals surface area contributed by atoms with E-state index in [0.29, 0.717) is 0 Å². The second kappa shape index (κ2) is 5.02. The molecule has 0 heterocycles. The molecule has 0 aromatic heterocycles. The fourth-order valence-corrected chi connectivity index (χ4v) is 1.33. The van der Waals surface area contributed by atoms with Crippen LogP contribution in [-0.4, -0.2) is 13.7 Å². The Hall–Kier alpha value is -0.830. The SMILES string of the molecule is CCCNc1ccc(OC)cc1S. The first-order valence-corrected chi connectivity index (χ1v) is 4.83. The van der Waals surface area contributed by atoms with Crippen molar-refractivity contribution in [2.75, 3.05) is 19.0 Å². The van der Waals surface area contributed by atoms with Gasteiger partial charge >= 0.3 is 0 Å².